The Bertz CT molecular complexity index is 190. The molecule has 0 aromatic rings. The van der Waals surface area contributed by atoms with E-state index in [2.05, 4.69) is 60.6 Å². The first-order chi connectivity index (χ1) is 7.61. The molecule has 108 valence electrons. The van der Waals surface area contributed by atoms with E-state index >= 15 is 0 Å². The summed E-state index contributed by atoms with van der Waals surface area (Å²) < 4.78 is 0. The average Bonchev–Trinajstić information content (AvgIpc) is 2.09. The normalized spacial score (nSPS) is 13.1. The summed E-state index contributed by atoms with van der Waals surface area (Å²) in [4.78, 5) is 0. The molecule has 0 rings (SSSR count). The van der Waals surface area contributed by atoms with E-state index in [1.165, 1.54) is 6.16 Å². The van der Waals surface area contributed by atoms with E-state index in [0.29, 0.717) is 23.0 Å². The van der Waals surface area contributed by atoms with Crippen LogP contribution in [0.2, 0.25) is 0 Å². The van der Waals surface area contributed by atoms with E-state index in [9.17, 15) is 0 Å². The molecule has 0 N–H and O–H groups in total. The van der Waals surface area contributed by atoms with Crippen LogP contribution in [0, 0.1) is 0 Å². The number of hydrogen-bond acceptors (Lipinski definition) is 0. The summed E-state index contributed by atoms with van der Waals surface area (Å²) in [5.41, 5.74) is 0. The monoisotopic (exact) mass is 342 g/mol. The number of hydrogen-bond donors (Lipinski definition) is 0. The SMILES string of the molecule is CCC=CCP(C(C)(C)C)C(C)(C)C.[Cl][Ni][Cl]. The Morgan fingerprint density at radius 2 is 1.29 bits per heavy atom. The summed E-state index contributed by atoms with van der Waals surface area (Å²) >= 11 is 0.569. The van der Waals surface area contributed by atoms with Crippen LogP contribution in [0.1, 0.15) is 54.9 Å². The fourth-order valence-corrected chi connectivity index (χ4v) is 5.37. The summed E-state index contributed by atoms with van der Waals surface area (Å²) in [6, 6.07) is 0. The molecule has 0 unspecified atom stereocenters. The number of halogens is 2. The predicted molar refractivity (Wildman–Crippen MR) is 82.4 cm³/mol. The third kappa shape index (κ3) is 12.0. The van der Waals surface area contributed by atoms with E-state index in [4.69, 9.17) is 20.4 Å². The minimum absolute atomic E-state index is 0.0588. The van der Waals surface area contributed by atoms with Gasteiger partial charge in [-0.25, -0.2) is 0 Å². The molecule has 0 fully saturated rings. The fraction of sp³-hybridized carbons (Fsp3) is 0.846. The number of allylic oxidation sites excluding steroid dienone is 2. The van der Waals surface area contributed by atoms with Gasteiger partial charge in [0.25, 0.3) is 0 Å². The van der Waals surface area contributed by atoms with Crippen LogP contribution in [0.3, 0.4) is 0 Å². The van der Waals surface area contributed by atoms with Gasteiger partial charge in [-0.3, -0.25) is 0 Å². The second kappa shape index (κ2) is 10.1. The van der Waals surface area contributed by atoms with Crippen molar-refractivity contribution < 1.29 is 12.7 Å². The van der Waals surface area contributed by atoms with E-state index < -0.39 is 0 Å². The van der Waals surface area contributed by atoms with Crippen LogP contribution in [0.5, 0.6) is 0 Å². The molecule has 0 aliphatic heterocycles. The molecule has 0 nitrogen and oxygen atoms in total. The summed E-state index contributed by atoms with van der Waals surface area (Å²) in [5, 5.41) is 0.928. The first-order valence-corrected chi connectivity index (χ1v) is 10.1. The van der Waals surface area contributed by atoms with Gasteiger partial charge in [-0.1, -0.05) is 68.5 Å². The van der Waals surface area contributed by atoms with Gasteiger partial charge in [0.1, 0.15) is 0 Å². The van der Waals surface area contributed by atoms with Crippen molar-refractivity contribution in [2.24, 2.45) is 0 Å². The van der Waals surface area contributed by atoms with Crippen molar-refractivity contribution in [3.8, 4) is 0 Å². The molecular formula is C13H27Cl2NiP. The molecule has 0 aliphatic carbocycles. The van der Waals surface area contributed by atoms with Crippen molar-refractivity contribution in [1.29, 1.82) is 0 Å². The van der Waals surface area contributed by atoms with Gasteiger partial charge in [0.2, 0.25) is 0 Å². The number of rotatable bonds is 3. The third-order valence-electron chi connectivity index (χ3n) is 2.31. The molecule has 0 saturated heterocycles. The molecule has 4 heteroatoms. The Morgan fingerprint density at radius 1 is 0.941 bits per heavy atom. The van der Waals surface area contributed by atoms with E-state index in [1.807, 2.05) is 0 Å². The van der Waals surface area contributed by atoms with E-state index in [-0.39, 0.29) is 7.92 Å². The van der Waals surface area contributed by atoms with Crippen molar-refractivity contribution >= 4 is 28.3 Å². The van der Waals surface area contributed by atoms with Gasteiger partial charge < -0.3 is 0 Å². The van der Waals surface area contributed by atoms with Crippen molar-refractivity contribution in [3.05, 3.63) is 12.2 Å². The second-order valence-electron chi connectivity index (χ2n) is 5.88. The van der Waals surface area contributed by atoms with Crippen LogP contribution in [-0.4, -0.2) is 16.5 Å². The maximum absolute atomic E-state index is 4.70. The fourth-order valence-electron chi connectivity index (χ4n) is 1.90. The first kappa shape index (κ1) is 20.6. The standard InChI is InChI=1S/C13H27P.2ClH.Ni/c1-8-9-10-11-14(12(2,3)4)13(5,6)7;;;/h9-10H,8,11H2,1-7H3;2*1H;/q;;;+2/p-2. The van der Waals surface area contributed by atoms with Gasteiger partial charge >= 0.3 is 33.0 Å². The zero-order valence-corrected chi connectivity index (χ0v) is 15.5. The molecule has 0 spiro atoms. The topological polar surface area (TPSA) is 0 Å². The Labute approximate surface area is 124 Å². The van der Waals surface area contributed by atoms with Gasteiger partial charge in [0.05, 0.1) is 0 Å². The predicted octanol–water partition coefficient (Wildman–Crippen LogP) is 6.41. The third-order valence-corrected chi connectivity index (χ3v) is 6.12. The van der Waals surface area contributed by atoms with Crippen LogP contribution in [0.15, 0.2) is 12.2 Å². The van der Waals surface area contributed by atoms with Crippen molar-refractivity contribution in [3.63, 3.8) is 0 Å². The molecule has 0 amide bonds. The van der Waals surface area contributed by atoms with Crippen LogP contribution >= 0.6 is 28.3 Å². The molecular weight excluding hydrogens is 317 g/mol. The Kier molecular flexibility index (Phi) is 12.2. The summed E-state index contributed by atoms with van der Waals surface area (Å²) in [6.07, 6.45) is 7.11. The Morgan fingerprint density at radius 3 is 1.53 bits per heavy atom. The van der Waals surface area contributed by atoms with Crippen LogP contribution < -0.4 is 0 Å². The summed E-state index contributed by atoms with van der Waals surface area (Å²) in [6.45, 7) is 16.5. The van der Waals surface area contributed by atoms with Gasteiger partial charge in [-0.15, -0.1) is 0 Å². The molecule has 0 atom stereocenters. The quantitative estimate of drug-likeness (QED) is 0.315. The van der Waals surface area contributed by atoms with Gasteiger partial charge in [-0.2, -0.15) is 0 Å². The molecule has 17 heavy (non-hydrogen) atoms. The zero-order chi connectivity index (χ0) is 14.1. The van der Waals surface area contributed by atoms with Gasteiger partial charge in [0.15, 0.2) is 0 Å². The molecule has 0 radical (unpaired) electrons. The van der Waals surface area contributed by atoms with Crippen molar-refractivity contribution in [2.45, 2.75) is 65.2 Å². The zero-order valence-electron chi connectivity index (χ0n) is 12.1. The molecule has 0 aliphatic rings. The Hall–Kier alpha value is 1.24. The average molecular weight is 344 g/mol. The van der Waals surface area contributed by atoms with E-state index in [0.717, 1.165) is 6.42 Å². The minimum atomic E-state index is 0.0588. The van der Waals surface area contributed by atoms with Crippen molar-refractivity contribution in [1.82, 2.24) is 0 Å². The summed E-state index contributed by atoms with van der Waals surface area (Å²) in [7, 11) is 9.46. The van der Waals surface area contributed by atoms with Crippen LogP contribution in [0.25, 0.3) is 0 Å². The molecule has 0 aromatic carbocycles. The van der Waals surface area contributed by atoms with Gasteiger partial charge in [0, 0.05) is 0 Å². The van der Waals surface area contributed by atoms with Gasteiger partial charge in [-0.05, 0) is 22.9 Å². The second-order valence-corrected chi connectivity index (χ2v) is 11.4. The molecule has 0 saturated carbocycles. The first-order valence-electron chi connectivity index (χ1n) is 5.86. The van der Waals surface area contributed by atoms with Crippen LogP contribution in [0.4, 0.5) is 0 Å². The van der Waals surface area contributed by atoms with Crippen LogP contribution in [-0.2, 0) is 12.7 Å². The molecule has 0 aromatic heterocycles. The maximum atomic E-state index is 4.70. The van der Waals surface area contributed by atoms with E-state index in [1.54, 1.807) is 0 Å². The Balaban J connectivity index is 0. The molecule has 0 heterocycles. The van der Waals surface area contributed by atoms with Crippen molar-refractivity contribution in [2.75, 3.05) is 6.16 Å². The molecule has 0 bridgehead atoms. The summed E-state index contributed by atoms with van der Waals surface area (Å²) in [5.74, 6) is 0.